The van der Waals surface area contributed by atoms with Crippen molar-refractivity contribution >= 4 is 0 Å². The lowest BCUT2D eigenvalue weighted by Crippen LogP contribution is -2.14. The lowest BCUT2D eigenvalue weighted by Gasteiger charge is -2.11. The average Bonchev–Trinajstić information content (AvgIpc) is 2.61. The molecule has 0 aromatic rings. The fourth-order valence-corrected chi connectivity index (χ4v) is 2.58. The molecule has 2 aliphatic rings. The van der Waals surface area contributed by atoms with Crippen LogP contribution < -0.4 is 5.32 Å². The van der Waals surface area contributed by atoms with Crippen molar-refractivity contribution in [2.75, 3.05) is 13.1 Å². The fraction of sp³-hybridized carbons (Fsp3) is 0.529. The molecule has 1 aliphatic carbocycles. The quantitative estimate of drug-likeness (QED) is 0.724. The maximum absolute atomic E-state index is 3.43. The van der Waals surface area contributed by atoms with Crippen molar-refractivity contribution in [1.29, 1.82) is 0 Å². The lowest BCUT2D eigenvalue weighted by molar-refractivity contribution is 0.672. The van der Waals surface area contributed by atoms with Crippen LogP contribution in [0.15, 0.2) is 47.6 Å². The molecular weight excluding hydrogens is 218 g/mol. The topological polar surface area (TPSA) is 12.0 Å². The van der Waals surface area contributed by atoms with Crippen LogP contribution in [0.2, 0.25) is 0 Å². The minimum atomic E-state index is 1.00. The second-order valence-corrected chi connectivity index (χ2v) is 5.15. The Bertz CT molecular complexity index is 322. The molecule has 0 bridgehead atoms. The Labute approximate surface area is 111 Å². The maximum Gasteiger partial charge on any atom is 0.0137 e. The molecule has 0 aromatic heterocycles. The van der Waals surface area contributed by atoms with E-state index in [2.05, 4.69) is 41.8 Å². The Morgan fingerprint density at radius 3 is 2.44 bits per heavy atom. The highest BCUT2D eigenvalue weighted by Crippen LogP contribution is 2.24. The van der Waals surface area contributed by atoms with Gasteiger partial charge in [-0.05, 0) is 56.2 Å². The first-order chi connectivity index (χ1) is 8.97. The zero-order valence-electron chi connectivity index (χ0n) is 11.3. The molecule has 0 radical (unpaired) electrons. The summed E-state index contributed by atoms with van der Waals surface area (Å²) in [7, 11) is 0. The first-order valence-electron chi connectivity index (χ1n) is 7.39. The van der Waals surface area contributed by atoms with E-state index in [0.29, 0.717) is 0 Å². The van der Waals surface area contributed by atoms with E-state index >= 15 is 0 Å². The second-order valence-electron chi connectivity index (χ2n) is 5.15. The summed E-state index contributed by atoms with van der Waals surface area (Å²) >= 11 is 0. The van der Waals surface area contributed by atoms with Gasteiger partial charge in [0, 0.05) is 6.54 Å². The lowest BCUT2D eigenvalue weighted by atomic mass is 9.95. The van der Waals surface area contributed by atoms with Crippen LogP contribution in [-0.2, 0) is 0 Å². The summed E-state index contributed by atoms with van der Waals surface area (Å²) in [5.41, 5.74) is 3.10. The van der Waals surface area contributed by atoms with Gasteiger partial charge in [0.05, 0.1) is 0 Å². The number of nitrogens with one attached hydrogen (secondary N) is 1. The second kappa shape index (κ2) is 8.10. The highest BCUT2D eigenvalue weighted by atomic mass is 14.8. The fourth-order valence-electron chi connectivity index (χ4n) is 2.58. The molecule has 0 unspecified atom stereocenters. The molecule has 1 heteroatoms. The van der Waals surface area contributed by atoms with Crippen LogP contribution in [-0.4, -0.2) is 13.1 Å². The van der Waals surface area contributed by atoms with E-state index in [0.717, 1.165) is 13.1 Å². The largest absolute Gasteiger partial charge is 0.313 e. The van der Waals surface area contributed by atoms with Crippen molar-refractivity contribution in [2.24, 2.45) is 0 Å². The summed E-state index contributed by atoms with van der Waals surface area (Å²) in [6.07, 6.45) is 22.7. The smallest absolute Gasteiger partial charge is 0.0137 e. The molecule has 18 heavy (non-hydrogen) atoms. The van der Waals surface area contributed by atoms with Crippen LogP contribution in [0.1, 0.15) is 44.9 Å². The Morgan fingerprint density at radius 1 is 0.778 bits per heavy atom. The molecule has 0 fully saturated rings. The zero-order valence-corrected chi connectivity index (χ0v) is 11.3. The molecule has 1 heterocycles. The molecule has 0 saturated heterocycles. The van der Waals surface area contributed by atoms with Gasteiger partial charge < -0.3 is 5.32 Å². The van der Waals surface area contributed by atoms with E-state index in [-0.39, 0.29) is 0 Å². The predicted molar refractivity (Wildman–Crippen MR) is 79.6 cm³/mol. The summed E-state index contributed by atoms with van der Waals surface area (Å²) in [4.78, 5) is 0. The van der Waals surface area contributed by atoms with Gasteiger partial charge >= 0.3 is 0 Å². The van der Waals surface area contributed by atoms with Crippen LogP contribution in [0.4, 0.5) is 0 Å². The van der Waals surface area contributed by atoms with E-state index in [1.54, 1.807) is 11.1 Å². The van der Waals surface area contributed by atoms with Crippen molar-refractivity contribution < 1.29 is 0 Å². The number of hydrogen-bond acceptors (Lipinski definition) is 1. The van der Waals surface area contributed by atoms with Gasteiger partial charge in [-0.2, -0.15) is 0 Å². The highest BCUT2D eigenvalue weighted by molar-refractivity contribution is 5.36. The van der Waals surface area contributed by atoms with Crippen molar-refractivity contribution in [3.05, 3.63) is 47.6 Å². The van der Waals surface area contributed by atoms with E-state index in [4.69, 9.17) is 0 Å². The van der Waals surface area contributed by atoms with Gasteiger partial charge in [-0.1, -0.05) is 42.9 Å². The molecular formula is C17H25N. The van der Waals surface area contributed by atoms with Crippen molar-refractivity contribution in [2.45, 2.75) is 44.9 Å². The Hall–Kier alpha value is -1.08. The third-order valence-electron chi connectivity index (χ3n) is 3.66. The zero-order chi connectivity index (χ0) is 12.5. The van der Waals surface area contributed by atoms with E-state index in [9.17, 15) is 0 Å². The Kier molecular flexibility index (Phi) is 6.01. The van der Waals surface area contributed by atoms with Crippen LogP contribution in [0, 0.1) is 0 Å². The predicted octanol–water partition coefficient (Wildman–Crippen LogP) is 4.30. The first kappa shape index (κ1) is 13.4. The number of hydrogen-bond donors (Lipinski definition) is 1. The Balaban J connectivity index is 2.09. The molecule has 2 rings (SSSR count). The van der Waals surface area contributed by atoms with Crippen LogP contribution in [0.25, 0.3) is 0 Å². The van der Waals surface area contributed by atoms with E-state index in [1.165, 1.54) is 44.9 Å². The summed E-state index contributed by atoms with van der Waals surface area (Å²) in [6.45, 7) is 2.13. The molecule has 1 aliphatic heterocycles. The van der Waals surface area contributed by atoms with Crippen LogP contribution in [0.3, 0.4) is 0 Å². The number of allylic oxidation sites excluding steroid dienone is 7. The summed E-state index contributed by atoms with van der Waals surface area (Å²) in [5.74, 6) is 0. The van der Waals surface area contributed by atoms with Crippen molar-refractivity contribution in [1.82, 2.24) is 5.32 Å². The van der Waals surface area contributed by atoms with Crippen LogP contribution >= 0.6 is 0 Å². The SMILES string of the molecule is C1=CCCCCCC(C2=CC=CCNCCC2)=C1. The summed E-state index contributed by atoms with van der Waals surface area (Å²) in [6, 6.07) is 0. The van der Waals surface area contributed by atoms with E-state index in [1.807, 2.05) is 0 Å². The molecule has 1 nitrogen and oxygen atoms in total. The highest BCUT2D eigenvalue weighted by Gasteiger charge is 2.06. The van der Waals surface area contributed by atoms with Gasteiger partial charge in [0.25, 0.3) is 0 Å². The summed E-state index contributed by atoms with van der Waals surface area (Å²) in [5, 5.41) is 3.43. The minimum Gasteiger partial charge on any atom is -0.313 e. The Morgan fingerprint density at radius 2 is 1.56 bits per heavy atom. The molecule has 0 aromatic carbocycles. The van der Waals surface area contributed by atoms with Gasteiger partial charge in [-0.3, -0.25) is 0 Å². The molecule has 0 saturated carbocycles. The third kappa shape index (κ3) is 4.66. The maximum atomic E-state index is 3.43. The molecule has 0 spiro atoms. The molecule has 1 N–H and O–H groups in total. The van der Waals surface area contributed by atoms with Gasteiger partial charge in [0.15, 0.2) is 0 Å². The third-order valence-corrected chi connectivity index (χ3v) is 3.66. The van der Waals surface area contributed by atoms with Gasteiger partial charge in [0.1, 0.15) is 0 Å². The molecule has 0 amide bonds. The van der Waals surface area contributed by atoms with Crippen molar-refractivity contribution in [3.8, 4) is 0 Å². The average molecular weight is 243 g/mol. The molecule has 98 valence electrons. The number of rotatable bonds is 1. The monoisotopic (exact) mass is 243 g/mol. The normalized spacial score (nSPS) is 22.7. The van der Waals surface area contributed by atoms with E-state index < -0.39 is 0 Å². The van der Waals surface area contributed by atoms with Crippen LogP contribution in [0.5, 0.6) is 0 Å². The van der Waals surface area contributed by atoms with Gasteiger partial charge in [-0.25, -0.2) is 0 Å². The standard InChI is InChI=1S/C17H25N/c1-2-4-6-11-16(10-5-3-1)17-12-7-8-14-18-15-9-13-17/h3,5,7-8,10,12,18H,1-2,4,6,9,11,13-15H2. The first-order valence-corrected chi connectivity index (χ1v) is 7.39. The summed E-state index contributed by atoms with van der Waals surface area (Å²) < 4.78 is 0. The van der Waals surface area contributed by atoms with Crippen molar-refractivity contribution in [3.63, 3.8) is 0 Å². The minimum absolute atomic E-state index is 1.00. The molecule has 0 atom stereocenters. The van der Waals surface area contributed by atoms with Gasteiger partial charge in [0.2, 0.25) is 0 Å². The van der Waals surface area contributed by atoms with Gasteiger partial charge in [-0.15, -0.1) is 0 Å².